The average molecular weight is 781 g/mol. The third-order valence-electron chi connectivity index (χ3n) is 7.52. The predicted octanol–water partition coefficient (Wildman–Crippen LogP) is -5.24. The van der Waals surface area contributed by atoms with Crippen molar-refractivity contribution in [1.82, 2.24) is 0 Å². The van der Waals surface area contributed by atoms with Gasteiger partial charge in [-0.25, -0.2) is 17.3 Å². The molecule has 27 heteroatoms. The Morgan fingerprint density at radius 2 is 1.24 bits per heavy atom. The zero-order valence-electron chi connectivity index (χ0n) is 25.0. The molecule has 13 atom stereocenters. The van der Waals surface area contributed by atoms with Gasteiger partial charge in [-0.1, -0.05) is 0 Å². The van der Waals surface area contributed by atoms with Crippen LogP contribution in [0.3, 0.4) is 0 Å². The maximum absolute atomic E-state index is 11.5. The van der Waals surface area contributed by atoms with E-state index >= 15 is 0 Å². The molecule has 0 aromatic carbocycles. The highest BCUT2D eigenvalue weighted by molar-refractivity contribution is 7.81. The molecule has 0 spiro atoms. The number of aliphatic hydroxyl groups is 5. The Balaban J connectivity index is 1.76. The van der Waals surface area contributed by atoms with Crippen LogP contribution in [0, 0.1) is 11.8 Å². The Labute approximate surface area is 278 Å². The van der Waals surface area contributed by atoms with E-state index in [1.54, 1.807) is 0 Å². The van der Waals surface area contributed by atoms with Crippen LogP contribution >= 0.6 is 0 Å². The van der Waals surface area contributed by atoms with Crippen molar-refractivity contribution in [2.45, 2.75) is 74.3 Å². The van der Waals surface area contributed by atoms with Gasteiger partial charge in [-0.3, -0.25) is 13.7 Å². The third-order valence-corrected chi connectivity index (χ3v) is 8.88. The molecule has 24 nitrogen and oxygen atoms in total. The molecule has 0 bridgehead atoms. The van der Waals surface area contributed by atoms with Crippen molar-refractivity contribution in [2.75, 3.05) is 33.0 Å². The lowest BCUT2D eigenvalue weighted by atomic mass is 9.83. The van der Waals surface area contributed by atoms with Gasteiger partial charge in [0.05, 0.1) is 45.2 Å². The van der Waals surface area contributed by atoms with E-state index in [1.807, 2.05) is 0 Å². The smallest absolute Gasteiger partial charge is 0.397 e. The Morgan fingerprint density at radius 1 is 0.694 bits per heavy atom. The lowest BCUT2D eigenvalue weighted by Crippen LogP contribution is -2.60. The Bertz CT molecular complexity index is 1480. The molecular weight excluding hydrogens is 744 g/mol. The second-order valence-electron chi connectivity index (χ2n) is 11.0. The molecular formula is C22H36O24S3. The summed E-state index contributed by atoms with van der Waals surface area (Å²) in [6.07, 6.45) is -18.5. The van der Waals surface area contributed by atoms with E-state index in [1.165, 1.54) is 0 Å². The molecule has 49 heavy (non-hydrogen) atoms. The minimum Gasteiger partial charge on any atom is -0.478 e. The summed E-state index contributed by atoms with van der Waals surface area (Å²) in [6, 6.07) is 0. The summed E-state index contributed by atoms with van der Waals surface area (Å²) in [6.45, 7) is -2.39. The molecule has 3 heterocycles. The topological polar surface area (TPSA) is 375 Å². The molecule has 6 unspecified atom stereocenters. The number of carbonyl (C=O) groups is 1. The summed E-state index contributed by atoms with van der Waals surface area (Å²) in [5.41, 5.74) is 0. The first kappa shape index (κ1) is 41.7. The van der Waals surface area contributed by atoms with E-state index in [2.05, 4.69) is 12.5 Å². The summed E-state index contributed by atoms with van der Waals surface area (Å²) in [7, 11) is -15.6. The zero-order valence-corrected chi connectivity index (χ0v) is 27.4. The van der Waals surface area contributed by atoms with Crippen molar-refractivity contribution < 1.29 is 111 Å². The SMILES string of the molecule is CC1O[C@@H](COC[C@@H]2C(COC[C@@H]3OC(C(=O)O)=C[C@H](O)C3O)C(O)OC(COS(=O)(=O)O)[C@@H]2O)C(OS(=O)(=O)O)[C@@H](O)[C@H]1OS(=O)(=O)O. The van der Waals surface area contributed by atoms with Gasteiger partial charge in [0.25, 0.3) is 0 Å². The van der Waals surface area contributed by atoms with E-state index in [4.69, 9.17) is 37.9 Å². The maximum Gasteiger partial charge on any atom is 0.397 e. The Morgan fingerprint density at radius 3 is 1.80 bits per heavy atom. The number of ether oxygens (including phenoxy) is 5. The molecule has 3 aliphatic heterocycles. The molecule has 0 saturated carbocycles. The van der Waals surface area contributed by atoms with Gasteiger partial charge in [-0.05, 0) is 13.0 Å². The molecule has 0 amide bonds. The quantitative estimate of drug-likeness (QED) is 0.0661. The molecule has 286 valence electrons. The van der Waals surface area contributed by atoms with E-state index in [9.17, 15) is 60.1 Å². The molecule has 0 radical (unpaired) electrons. The van der Waals surface area contributed by atoms with Gasteiger partial charge < -0.3 is 54.3 Å². The highest BCUT2D eigenvalue weighted by Gasteiger charge is 2.50. The fraction of sp³-hybridized carbons (Fsp3) is 0.864. The molecule has 9 N–H and O–H groups in total. The van der Waals surface area contributed by atoms with Crippen LogP contribution in [0.4, 0.5) is 0 Å². The van der Waals surface area contributed by atoms with Crippen molar-refractivity contribution in [3.63, 3.8) is 0 Å². The first-order chi connectivity index (χ1) is 22.5. The molecule has 0 aliphatic carbocycles. The lowest BCUT2D eigenvalue weighted by molar-refractivity contribution is -0.272. The Kier molecular flexibility index (Phi) is 14.2. The summed E-state index contributed by atoms with van der Waals surface area (Å²) in [5, 5.41) is 61.5. The largest absolute Gasteiger partial charge is 0.478 e. The van der Waals surface area contributed by atoms with Gasteiger partial charge in [0, 0.05) is 11.8 Å². The van der Waals surface area contributed by atoms with Gasteiger partial charge in [0.15, 0.2) is 12.4 Å². The number of aliphatic hydroxyl groups excluding tert-OH is 5. The maximum atomic E-state index is 11.5. The number of carboxylic acids is 1. The standard InChI is InChI=1S/C22H36O24S3/c1-8-19(45-48(33,34)35)18(26)20(46-49(36,37)38)15(42-8)6-39-3-9-10(22(29)44-14(16(9)24)7-41-47(30,31)32)4-40-5-13-17(25)11(23)2-12(43-13)21(27)28/h2,8-11,13-20,22-26,29H,3-7H2,1H3,(H,27,28)(H,30,31,32)(H,33,34,35)(H,36,37,38)/t8?,9-,10?,11+,13+,14?,15+,16-,17?,18+,19+,20?,22?/m1/s1. The van der Waals surface area contributed by atoms with Crippen molar-refractivity contribution >= 4 is 37.2 Å². The van der Waals surface area contributed by atoms with Crippen molar-refractivity contribution in [3.8, 4) is 0 Å². The molecule has 2 fully saturated rings. The van der Waals surface area contributed by atoms with Crippen LogP contribution in [-0.2, 0) is 72.2 Å². The van der Waals surface area contributed by atoms with E-state index in [0.29, 0.717) is 0 Å². The summed E-state index contributed by atoms with van der Waals surface area (Å²) in [5.74, 6) is -4.84. The molecule has 3 aliphatic rings. The van der Waals surface area contributed by atoms with Crippen molar-refractivity contribution in [1.29, 1.82) is 0 Å². The third kappa shape index (κ3) is 12.2. The minimum absolute atomic E-state index is 0.564. The van der Waals surface area contributed by atoms with Crippen LogP contribution in [0.5, 0.6) is 0 Å². The first-order valence-electron chi connectivity index (χ1n) is 13.9. The van der Waals surface area contributed by atoms with Crippen LogP contribution in [0.15, 0.2) is 11.8 Å². The normalized spacial score (nSPS) is 37.7. The van der Waals surface area contributed by atoms with Crippen LogP contribution < -0.4 is 0 Å². The van der Waals surface area contributed by atoms with Gasteiger partial charge in [0.2, 0.25) is 5.76 Å². The van der Waals surface area contributed by atoms with Gasteiger partial charge in [-0.15, -0.1) is 0 Å². The van der Waals surface area contributed by atoms with Gasteiger partial charge in [-0.2, -0.15) is 25.3 Å². The first-order valence-corrected chi connectivity index (χ1v) is 18.0. The molecule has 0 aromatic rings. The Hall–Kier alpha value is -1.74. The lowest BCUT2D eigenvalue weighted by Gasteiger charge is -2.44. The van der Waals surface area contributed by atoms with Crippen LogP contribution in [-0.4, -0.2) is 176 Å². The monoisotopic (exact) mass is 780 g/mol. The van der Waals surface area contributed by atoms with E-state index < -0.39 is 155 Å². The molecule has 2 saturated heterocycles. The van der Waals surface area contributed by atoms with E-state index in [0.717, 1.165) is 13.0 Å². The fourth-order valence-electron chi connectivity index (χ4n) is 5.24. The minimum atomic E-state index is -5.34. The second kappa shape index (κ2) is 16.7. The number of aliphatic carboxylic acids is 1. The second-order valence-corrected chi connectivity index (χ2v) is 14.2. The number of hydrogen-bond donors (Lipinski definition) is 9. The predicted molar refractivity (Wildman–Crippen MR) is 149 cm³/mol. The molecule has 0 aromatic heterocycles. The number of hydrogen-bond acceptors (Lipinski definition) is 20. The zero-order chi connectivity index (χ0) is 37.1. The van der Waals surface area contributed by atoms with Crippen molar-refractivity contribution in [2.24, 2.45) is 11.8 Å². The average Bonchev–Trinajstić information content (AvgIpc) is 2.95. The van der Waals surface area contributed by atoms with Crippen LogP contribution in [0.25, 0.3) is 0 Å². The van der Waals surface area contributed by atoms with Crippen LogP contribution in [0.1, 0.15) is 6.92 Å². The summed E-state index contributed by atoms with van der Waals surface area (Å²) >= 11 is 0. The van der Waals surface area contributed by atoms with Gasteiger partial charge in [0.1, 0.15) is 42.7 Å². The molecule has 3 rings (SSSR count). The fourth-order valence-corrected chi connectivity index (χ4v) is 6.62. The summed E-state index contributed by atoms with van der Waals surface area (Å²) < 4.78 is 134. The highest BCUT2D eigenvalue weighted by Crippen LogP contribution is 2.33. The summed E-state index contributed by atoms with van der Waals surface area (Å²) in [4.78, 5) is 11.3. The number of carboxylic acid groups (broad SMARTS) is 1. The van der Waals surface area contributed by atoms with E-state index in [-0.39, 0.29) is 0 Å². The van der Waals surface area contributed by atoms with Crippen molar-refractivity contribution in [3.05, 3.63) is 11.8 Å². The highest BCUT2D eigenvalue weighted by atomic mass is 32.3. The van der Waals surface area contributed by atoms with Gasteiger partial charge >= 0.3 is 37.2 Å². The number of rotatable bonds is 16. The van der Waals surface area contributed by atoms with Crippen LogP contribution in [0.2, 0.25) is 0 Å².